The number of rotatable bonds is 7. The molecule has 142 valence electrons. The number of carbonyl (C=O) groups excluding carboxylic acids is 1. The minimum Gasteiger partial charge on any atom is -0.353 e. The molecule has 0 atom stereocenters. The monoisotopic (exact) mass is 360 g/mol. The lowest BCUT2D eigenvalue weighted by atomic mass is 10.1. The average molecular weight is 360 g/mol. The Kier molecular flexibility index (Phi) is 6.87. The third-order valence-corrected chi connectivity index (χ3v) is 4.71. The first-order chi connectivity index (χ1) is 11.9. The third-order valence-electron chi connectivity index (χ3n) is 4.71. The summed E-state index contributed by atoms with van der Waals surface area (Å²) in [5, 5.41) is 6.52. The zero-order chi connectivity index (χ0) is 18.4. The van der Waals surface area contributed by atoms with Crippen molar-refractivity contribution in [1.29, 1.82) is 0 Å². The van der Waals surface area contributed by atoms with Crippen LogP contribution in [0.3, 0.4) is 0 Å². The van der Waals surface area contributed by atoms with Crippen molar-refractivity contribution in [1.82, 2.24) is 20.0 Å². The fourth-order valence-electron chi connectivity index (χ4n) is 3.29. The van der Waals surface area contributed by atoms with Gasteiger partial charge in [-0.1, -0.05) is 20.3 Å². The zero-order valence-electron chi connectivity index (χ0n) is 15.0. The van der Waals surface area contributed by atoms with Gasteiger partial charge < -0.3 is 10.2 Å². The Morgan fingerprint density at radius 3 is 2.52 bits per heavy atom. The van der Waals surface area contributed by atoms with Crippen LogP contribution >= 0.6 is 0 Å². The lowest BCUT2D eigenvalue weighted by molar-refractivity contribution is -0.142. The predicted octanol–water partition coefficient (Wildman–Crippen LogP) is 2.63. The summed E-state index contributed by atoms with van der Waals surface area (Å²) in [6, 6.07) is 0. The minimum absolute atomic E-state index is 0.156. The molecule has 0 spiro atoms. The van der Waals surface area contributed by atoms with Crippen molar-refractivity contribution >= 4 is 5.91 Å². The van der Waals surface area contributed by atoms with Gasteiger partial charge in [0, 0.05) is 24.3 Å². The molecule has 0 aromatic carbocycles. The zero-order valence-corrected chi connectivity index (χ0v) is 15.0. The molecule has 0 saturated carbocycles. The van der Waals surface area contributed by atoms with Crippen LogP contribution in [0, 0.1) is 0 Å². The second-order valence-corrected chi connectivity index (χ2v) is 6.37. The quantitative estimate of drug-likeness (QED) is 0.761. The van der Waals surface area contributed by atoms with Crippen molar-refractivity contribution < 1.29 is 18.0 Å². The first-order valence-corrected chi connectivity index (χ1v) is 9.01. The highest BCUT2D eigenvalue weighted by molar-refractivity contribution is 5.75. The summed E-state index contributed by atoms with van der Waals surface area (Å²) in [6.07, 6.45) is -1.07. The Balaban J connectivity index is 2.06. The van der Waals surface area contributed by atoms with Crippen LogP contribution < -0.4 is 5.32 Å². The topological polar surface area (TPSA) is 50.2 Å². The van der Waals surface area contributed by atoms with E-state index in [1.807, 2.05) is 13.8 Å². The van der Waals surface area contributed by atoms with Crippen LogP contribution in [0.5, 0.6) is 0 Å². The molecule has 0 fully saturated rings. The summed E-state index contributed by atoms with van der Waals surface area (Å²) >= 11 is 0. The van der Waals surface area contributed by atoms with Gasteiger partial charge in [0.25, 0.3) is 0 Å². The molecular formula is C17H27F3N4O. The fraction of sp³-hybridized carbons (Fsp3) is 0.765. The molecule has 2 rings (SSSR count). The van der Waals surface area contributed by atoms with Gasteiger partial charge in [0.15, 0.2) is 5.69 Å². The maximum atomic E-state index is 13.2. The number of hydrogen-bond donors (Lipinski definition) is 1. The van der Waals surface area contributed by atoms with Gasteiger partial charge in [0.05, 0.1) is 0 Å². The van der Waals surface area contributed by atoms with Crippen LogP contribution in [0.15, 0.2) is 0 Å². The summed E-state index contributed by atoms with van der Waals surface area (Å²) in [7, 11) is 0. The number of amides is 1. The molecule has 1 N–H and O–H groups in total. The van der Waals surface area contributed by atoms with Crippen LogP contribution in [-0.2, 0) is 30.4 Å². The second-order valence-electron chi connectivity index (χ2n) is 6.37. The first kappa shape index (κ1) is 19.8. The van der Waals surface area contributed by atoms with E-state index in [2.05, 4.69) is 15.3 Å². The standard InChI is InChI=1S/C17H27F3N4O/c1-3-23(4-2)11-10-21-15(25)12-24-14-9-7-5-6-8-13(14)16(22-24)17(18,19)20/h3-12H2,1-2H3,(H,21,25). The van der Waals surface area contributed by atoms with Crippen LogP contribution in [-0.4, -0.2) is 46.8 Å². The number of nitrogens with one attached hydrogen (secondary N) is 1. The van der Waals surface area contributed by atoms with Crippen LogP contribution in [0.25, 0.3) is 0 Å². The Morgan fingerprint density at radius 2 is 1.88 bits per heavy atom. The predicted molar refractivity (Wildman–Crippen MR) is 89.3 cm³/mol. The maximum Gasteiger partial charge on any atom is 0.435 e. The van der Waals surface area contributed by atoms with Crippen molar-refractivity contribution in [2.75, 3.05) is 26.2 Å². The number of aromatic nitrogens is 2. The van der Waals surface area contributed by atoms with Gasteiger partial charge in [-0.05, 0) is 38.8 Å². The van der Waals surface area contributed by atoms with Gasteiger partial charge in [0.2, 0.25) is 5.91 Å². The molecule has 1 heterocycles. The summed E-state index contributed by atoms with van der Waals surface area (Å²) in [6.45, 7) is 6.93. The van der Waals surface area contributed by atoms with E-state index in [4.69, 9.17) is 0 Å². The van der Waals surface area contributed by atoms with Gasteiger partial charge in [-0.2, -0.15) is 18.3 Å². The third kappa shape index (κ3) is 5.20. The molecule has 0 aliphatic heterocycles. The van der Waals surface area contributed by atoms with E-state index < -0.39 is 11.9 Å². The van der Waals surface area contributed by atoms with Gasteiger partial charge in [0.1, 0.15) is 6.54 Å². The van der Waals surface area contributed by atoms with E-state index in [9.17, 15) is 18.0 Å². The molecule has 5 nitrogen and oxygen atoms in total. The first-order valence-electron chi connectivity index (χ1n) is 9.01. The van der Waals surface area contributed by atoms with E-state index in [-0.39, 0.29) is 18.0 Å². The molecule has 1 aromatic rings. The number of likely N-dealkylation sites (N-methyl/N-ethyl adjacent to an activating group) is 1. The van der Waals surface area contributed by atoms with E-state index in [0.717, 1.165) is 38.9 Å². The highest BCUT2D eigenvalue weighted by Crippen LogP contribution is 2.35. The lowest BCUT2D eigenvalue weighted by Crippen LogP contribution is -2.36. The molecule has 1 aliphatic rings. The molecular weight excluding hydrogens is 333 g/mol. The van der Waals surface area contributed by atoms with Crippen LogP contribution in [0.1, 0.15) is 50.1 Å². The smallest absolute Gasteiger partial charge is 0.353 e. The number of alkyl halides is 3. The van der Waals surface area contributed by atoms with Gasteiger partial charge in [-0.15, -0.1) is 0 Å². The molecule has 1 aliphatic carbocycles. The Bertz CT molecular complexity index is 579. The number of fused-ring (bicyclic) bond motifs is 1. The normalized spacial score (nSPS) is 15.1. The summed E-state index contributed by atoms with van der Waals surface area (Å²) in [4.78, 5) is 14.3. The molecule has 1 aromatic heterocycles. The molecule has 1 amide bonds. The number of nitrogens with zero attached hydrogens (tertiary/aromatic N) is 3. The molecule has 0 unspecified atom stereocenters. The van der Waals surface area contributed by atoms with E-state index >= 15 is 0 Å². The summed E-state index contributed by atoms with van der Waals surface area (Å²) in [5.41, 5.74) is 0.0324. The average Bonchev–Trinajstić information content (AvgIpc) is 2.74. The molecule has 0 radical (unpaired) electrons. The van der Waals surface area contributed by atoms with Crippen LogP contribution in [0.2, 0.25) is 0 Å². The van der Waals surface area contributed by atoms with Crippen molar-refractivity contribution in [2.45, 2.75) is 58.7 Å². The van der Waals surface area contributed by atoms with Gasteiger partial charge in [-0.25, -0.2) is 0 Å². The Hall–Kier alpha value is -1.57. The minimum atomic E-state index is -4.47. The molecule has 0 saturated heterocycles. The summed E-state index contributed by atoms with van der Waals surface area (Å²) in [5.74, 6) is -0.296. The number of halogens is 3. The van der Waals surface area contributed by atoms with Crippen LogP contribution in [0.4, 0.5) is 13.2 Å². The second kappa shape index (κ2) is 8.69. The molecule has 25 heavy (non-hydrogen) atoms. The highest BCUT2D eigenvalue weighted by atomic mass is 19.4. The number of carbonyl (C=O) groups is 1. The fourth-order valence-corrected chi connectivity index (χ4v) is 3.29. The molecule has 0 bridgehead atoms. The Morgan fingerprint density at radius 1 is 1.20 bits per heavy atom. The maximum absolute atomic E-state index is 13.2. The summed E-state index contributed by atoms with van der Waals surface area (Å²) < 4.78 is 41.0. The molecule has 8 heteroatoms. The van der Waals surface area contributed by atoms with E-state index in [0.29, 0.717) is 25.1 Å². The number of hydrogen-bond acceptors (Lipinski definition) is 3. The largest absolute Gasteiger partial charge is 0.435 e. The highest BCUT2D eigenvalue weighted by Gasteiger charge is 2.39. The van der Waals surface area contributed by atoms with Crippen molar-refractivity contribution in [3.63, 3.8) is 0 Å². The van der Waals surface area contributed by atoms with Crippen molar-refractivity contribution in [3.8, 4) is 0 Å². The Labute approximate surface area is 146 Å². The van der Waals surface area contributed by atoms with Crippen molar-refractivity contribution in [2.24, 2.45) is 0 Å². The van der Waals surface area contributed by atoms with E-state index in [1.165, 1.54) is 4.68 Å². The SMILES string of the molecule is CCN(CC)CCNC(=O)Cn1nc(C(F)(F)F)c2c1CCCCC2. The lowest BCUT2D eigenvalue weighted by Gasteiger charge is -2.18. The van der Waals surface area contributed by atoms with Crippen molar-refractivity contribution in [3.05, 3.63) is 17.0 Å². The van der Waals surface area contributed by atoms with E-state index in [1.54, 1.807) is 0 Å². The van der Waals surface area contributed by atoms with Gasteiger partial charge in [-0.3, -0.25) is 9.48 Å². The van der Waals surface area contributed by atoms with Gasteiger partial charge >= 0.3 is 6.18 Å².